The number of nitrogens with zero attached hydrogens (tertiary/aromatic N) is 15. The Hall–Kier alpha value is -12.8. The van der Waals surface area contributed by atoms with Gasteiger partial charge in [-0.2, -0.15) is 28.1 Å². The zero-order valence-electron chi connectivity index (χ0n) is 67.8. The van der Waals surface area contributed by atoms with Gasteiger partial charge in [0.05, 0.1) is 54.3 Å². The van der Waals surface area contributed by atoms with Crippen LogP contribution in [0.2, 0.25) is 0 Å². The van der Waals surface area contributed by atoms with Crippen LogP contribution in [0.4, 0.5) is 65.1 Å². The van der Waals surface area contributed by atoms with Crippen LogP contribution in [0.3, 0.4) is 0 Å². The fourth-order valence-electron chi connectivity index (χ4n) is 15.5. The number of furan rings is 1. The number of aryl methyl sites for hydroxylation is 3. The number of aromatic nitrogens is 12. The van der Waals surface area contributed by atoms with E-state index in [2.05, 4.69) is 127 Å². The van der Waals surface area contributed by atoms with Gasteiger partial charge in [0.2, 0.25) is 23.6 Å². The molecule has 3 saturated heterocycles. The minimum absolute atomic E-state index is 0.114. The van der Waals surface area contributed by atoms with Gasteiger partial charge in [-0.1, -0.05) is 54.6 Å². The van der Waals surface area contributed by atoms with E-state index in [0.29, 0.717) is 49.9 Å². The predicted molar refractivity (Wildman–Crippen MR) is 470 cm³/mol. The summed E-state index contributed by atoms with van der Waals surface area (Å²) in [5, 5.41) is 35.5. The number of fused-ring (bicyclic) bond motifs is 4. The van der Waals surface area contributed by atoms with Crippen molar-refractivity contribution in [1.29, 1.82) is 0 Å². The quantitative estimate of drug-likeness (QED) is 0.0245. The molecule has 0 saturated carbocycles. The van der Waals surface area contributed by atoms with Crippen LogP contribution in [-0.4, -0.2) is 152 Å². The SMILES string of the molecule is Cc1ncc(CNc2cccc(-c3cccc4nc(Nc5ccc(OCCN6CCCC6)cc5)nn34)c2)n1C.FC(F)(F)c1ccc(CNc2cccc(-c3cccc4nc(Nc5ccc(OCCN6CCCC6)cc5)nn34)c2)o1.c1cc(NCc2nc3c(s2)CCCC3)cc(-c2cccc3nc(Nc4ccc(OCCN5CCCC5)cc4)nn23)c1. The van der Waals surface area contributed by atoms with Gasteiger partial charge in [-0.15, -0.1) is 26.6 Å². The molecule has 0 radical (unpaired) electrons. The Morgan fingerprint density at radius 3 is 1.21 bits per heavy atom. The Kier molecular flexibility index (Phi) is 25.3. The zero-order valence-corrected chi connectivity index (χ0v) is 68.7. The van der Waals surface area contributed by atoms with Crippen LogP contribution in [0.15, 0.2) is 223 Å². The molecule has 6 N–H and O–H groups in total. The monoisotopic (exact) mass is 1650 g/mol. The smallest absolute Gasteiger partial charge is 0.449 e. The second-order valence-corrected chi connectivity index (χ2v) is 31.8. The number of ether oxygens (including phenoxy) is 3. The van der Waals surface area contributed by atoms with E-state index in [1.807, 2.05) is 180 Å². The van der Waals surface area contributed by atoms with Crippen molar-refractivity contribution in [1.82, 2.24) is 73.0 Å². The molecule has 4 aliphatic rings. The second-order valence-electron chi connectivity index (χ2n) is 30.6. The van der Waals surface area contributed by atoms with E-state index in [1.165, 1.54) is 101 Å². The summed E-state index contributed by atoms with van der Waals surface area (Å²) in [5.41, 5.74) is 15.9. The zero-order chi connectivity index (χ0) is 82.3. The molecule has 622 valence electrons. The molecule has 3 aliphatic heterocycles. The molecule has 0 amide bonds. The van der Waals surface area contributed by atoms with Gasteiger partial charge >= 0.3 is 6.18 Å². The first-order valence-corrected chi connectivity index (χ1v) is 42.5. The van der Waals surface area contributed by atoms with Gasteiger partial charge in [-0.3, -0.25) is 14.7 Å². The van der Waals surface area contributed by atoms with Crippen LogP contribution >= 0.6 is 11.3 Å². The molecule has 12 heterocycles. The van der Waals surface area contributed by atoms with Gasteiger partial charge in [0.15, 0.2) is 16.9 Å². The van der Waals surface area contributed by atoms with E-state index in [9.17, 15) is 13.2 Å². The average Bonchev–Trinajstić information content (AvgIpc) is 1.66. The summed E-state index contributed by atoms with van der Waals surface area (Å²) in [6.07, 6.45) is 10.0. The van der Waals surface area contributed by atoms with Crippen molar-refractivity contribution < 1.29 is 31.8 Å². The molecular weight excluding hydrogens is 1550 g/mol. The van der Waals surface area contributed by atoms with Gasteiger partial charge in [0.1, 0.15) is 53.7 Å². The Bertz CT molecular complexity index is 5900. The lowest BCUT2D eigenvalue weighted by atomic mass is 10.0. The van der Waals surface area contributed by atoms with Crippen molar-refractivity contribution in [3.63, 3.8) is 0 Å². The van der Waals surface area contributed by atoms with E-state index < -0.39 is 11.9 Å². The average molecular weight is 1650 g/mol. The van der Waals surface area contributed by atoms with Crippen molar-refractivity contribution in [3.8, 4) is 51.0 Å². The first-order chi connectivity index (χ1) is 59.3. The van der Waals surface area contributed by atoms with E-state index in [0.717, 1.165) is 165 Å². The normalized spacial score (nSPS) is 14.3. The molecule has 29 heteroatoms. The Morgan fingerprint density at radius 1 is 0.421 bits per heavy atom. The molecule has 1 aliphatic carbocycles. The molecule has 3 fully saturated rings. The van der Waals surface area contributed by atoms with Crippen LogP contribution in [0, 0.1) is 6.92 Å². The predicted octanol–water partition coefficient (Wildman–Crippen LogP) is 18.7. The minimum atomic E-state index is -4.51. The fourth-order valence-corrected chi connectivity index (χ4v) is 16.6. The van der Waals surface area contributed by atoms with Crippen molar-refractivity contribution in [2.24, 2.45) is 7.05 Å². The lowest BCUT2D eigenvalue weighted by Crippen LogP contribution is -2.25. The van der Waals surface area contributed by atoms with Crippen molar-refractivity contribution in [3.05, 3.63) is 257 Å². The first-order valence-electron chi connectivity index (χ1n) is 41.7. The standard InChI is InChI=1S/C32H35N7OS.C30H29F3N6O2.C30H34N8O/c1-2-11-29-27(9-1)35-31(41-29)22-33-25-8-5-7-23(21-25)28-10-6-12-30-36-32(37-39(28)30)34-24-13-15-26(16-14-24)40-20-19-38-17-3-4-18-38;31-30(32,33)27-14-13-25(41-27)20-34-23-6-3-5-21(19-23)26-7-4-8-28-36-29(37-39(26)28)35-22-9-11-24(12-10-22)40-18-17-38-15-1-2-16-38;1-22-31-20-26(36(22)2)21-32-25-8-5-7-23(19-25)28-9-6-10-29-34-30(35-38(28)29)33-24-11-13-27(14-12-24)39-18-17-37-15-3-4-16-37/h5-8,10,12-16,21,33H,1-4,9,11,17-20,22H2,(H,34,37);3-14,19,34H,1-2,15-18,20H2,(H,35,37);5-14,19-20,32H,3-4,15-18,21H2,1-2H3,(H,33,35). The fraction of sp³-hybridized carbons (Fsp3) is 0.304. The summed E-state index contributed by atoms with van der Waals surface area (Å²) in [7, 11) is 2.03. The van der Waals surface area contributed by atoms with E-state index in [-0.39, 0.29) is 12.3 Å². The van der Waals surface area contributed by atoms with Gasteiger partial charge in [0.25, 0.3) is 0 Å². The molecule has 25 nitrogen and oxygen atoms in total. The maximum absolute atomic E-state index is 12.8. The number of hydrogen-bond donors (Lipinski definition) is 6. The van der Waals surface area contributed by atoms with E-state index in [4.69, 9.17) is 43.8 Å². The third-order valence-electron chi connectivity index (χ3n) is 22.0. The number of likely N-dealkylation sites (tertiary alicyclic amines) is 3. The highest BCUT2D eigenvalue weighted by Crippen LogP contribution is 2.35. The largest absolute Gasteiger partial charge is 0.492 e. The summed E-state index contributed by atoms with van der Waals surface area (Å²) >= 11 is 1.86. The van der Waals surface area contributed by atoms with Crippen LogP contribution in [-0.2, 0) is 45.7 Å². The molecule has 15 aromatic rings. The van der Waals surface area contributed by atoms with Gasteiger partial charge in [-0.05, 0) is 268 Å². The van der Waals surface area contributed by atoms with Crippen molar-refractivity contribution in [2.45, 2.75) is 96.9 Å². The number of rotatable bonds is 30. The van der Waals surface area contributed by atoms with Crippen LogP contribution in [0.25, 0.3) is 50.7 Å². The molecule has 9 aromatic heterocycles. The van der Waals surface area contributed by atoms with Crippen LogP contribution in [0.1, 0.15) is 90.0 Å². The molecule has 0 unspecified atom stereocenters. The molecule has 0 bridgehead atoms. The highest BCUT2D eigenvalue weighted by atomic mass is 32.1. The molecule has 0 atom stereocenters. The highest BCUT2D eigenvalue weighted by Gasteiger charge is 2.35. The van der Waals surface area contributed by atoms with Gasteiger partial charge < -0.3 is 55.1 Å². The van der Waals surface area contributed by atoms with Gasteiger partial charge in [0, 0.05) is 82.4 Å². The number of alkyl halides is 3. The number of benzene rings is 6. The molecule has 0 spiro atoms. The maximum Gasteiger partial charge on any atom is 0.449 e. The molecule has 6 aromatic carbocycles. The Balaban J connectivity index is 0.000000129. The lowest BCUT2D eigenvalue weighted by Gasteiger charge is -2.15. The topological polar surface area (TPSA) is 244 Å². The third kappa shape index (κ3) is 20.9. The first kappa shape index (κ1) is 80.6. The maximum atomic E-state index is 12.8. The van der Waals surface area contributed by atoms with Crippen molar-refractivity contribution >= 4 is 80.2 Å². The van der Waals surface area contributed by atoms with Gasteiger partial charge in [-0.25, -0.2) is 23.5 Å². The highest BCUT2D eigenvalue weighted by molar-refractivity contribution is 7.11. The number of pyridine rings is 3. The summed E-state index contributed by atoms with van der Waals surface area (Å²) in [5.74, 6) is 4.31. The molecular formula is C92H98F3N21O4S. The van der Waals surface area contributed by atoms with Crippen LogP contribution < -0.4 is 46.1 Å². The number of nitrogens with one attached hydrogen (secondary N) is 6. The van der Waals surface area contributed by atoms with Crippen LogP contribution in [0.5, 0.6) is 17.2 Å². The summed E-state index contributed by atoms with van der Waals surface area (Å²) in [6.45, 7) is 15.6. The summed E-state index contributed by atoms with van der Waals surface area (Å²) in [6, 6.07) is 68.1. The second kappa shape index (κ2) is 38.1. The Morgan fingerprint density at radius 2 is 0.818 bits per heavy atom. The number of hydrogen-bond acceptors (Lipinski definition) is 22. The molecule has 121 heavy (non-hydrogen) atoms. The minimum Gasteiger partial charge on any atom is -0.492 e. The third-order valence-corrected chi connectivity index (χ3v) is 23.2. The van der Waals surface area contributed by atoms with E-state index >= 15 is 0 Å². The number of anilines is 9. The summed E-state index contributed by atoms with van der Waals surface area (Å²) in [4.78, 5) is 32.1. The van der Waals surface area contributed by atoms with E-state index in [1.54, 1.807) is 4.52 Å². The summed E-state index contributed by atoms with van der Waals surface area (Å²) < 4.78 is 68.8. The number of thiazole rings is 1. The van der Waals surface area contributed by atoms with Crippen molar-refractivity contribution in [2.75, 3.05) is 111 Å². The molecule has 19 rings (SSSR count). The Labute approximate surface area is 704 Å². The number of halogens is 3. The number of imidazole rings is 1. The lowest BCUT2D eigenvalue weighted by molar-refractivity contribution is -0.153.